The van der Waals surface area contributed by atoms with Gasteiger partial charge in [-0.25, -0.2) is 8.42 Å². The normalized spacial score (nSPS) is 15.9. The quantitative estimate of drug-likeness (QED) is 0.681. The highest BCUT2D eigenvalue weighted by Crippen LogP contribution is 2.21. The minimum Gasteiger partial charge on any atom is -0.457 e. The molecule has 1 N–H and O–H groups in total. The molecule has 0 aliphatic carbocycles. The van der Waals surface area contributed by atoms with Crippen LogP contribution in [0.1, 0.15) is 5.56 Å². The Balaban J connectivity index is 1.36. The number of benzene rings is 3. The molecule has 4 rings (SSSR count). The molecule has 0 atom stereocenters. The summed E-state index contributed by atoms with van der Waals surface area (Å²) >= 11 is 0. The molecule has 0 spiro atoms. The first kappa shape index (κ1) is 19.6. The van der Waals surface area contributed by atoms with Crippen LogP contribution in [-0.4, -0.2) is 38.9 Å². The van der Waals surface area contributed by atoms with Gasteiger partial charge < -0.3 is 9.64 Å². The van der Waals surface area contributed by atoms with Crippen LogP contribution in [-0.2, 0) is 16.6 Å². The van der Waals surface area contributed by atoms with Crippen molar-refractivity contribution in [3.05, 3.63) is 90.5 Å². The number of rotatable bonds is 6. The predicted octanol–water partition coefficient (Wildman–Crippen LogP) is 2.57. The molecule has 0 unspecified atom stereocenters. The Bertz CT molecular complexity index is 1030. The Hall–Kier alpha value is -2.67. The van der Waals surface area contributed by atoms with Gasteiger partial charge in [0.15, 0.2) is 0 Å². The molecular formula is C23H25N2O3S+. The monoisotopic (exact) mass is 409 g/mol. The summed E-state index contributed by atoms with van der Waals surface area (Å²) in [7, 11) is -3.40. The van der Waals surface area contributed by atoms with Gasteiger partial charge in [0.25, 0.3) is 0 Å². The van der Waals surface area contributed by atoms with Gasteiger partial charge in [0, 0.05) is 5.56 Å². The smallest absolute Gasteiger partial charge is 0.243 e. The molecule has 5 nitrogen and oxygen atoms in total. The zero-order valence-electron chi connectivity index (χ0n) is 16.2. The van der Waals surface area contributed by atoms with E-state index in [1.54, 1.807) is 28.6 Å². The number of hydrogen-bond acceptors (Lipinski definition) is 3. The van der Waals surface area contributed by atoms with E-state index in [1.165, 1.54) is 10.5 Å². The van der Waals surface area contributed by atoms with Crippen LogP contribution >= 0.6 is 0 Å². The van der Waals surface area contributed by atoms with Gasteiger partial charge in [-0.15, -0.1) is 0 Å². The molecule has 1 aliphatic heterocycles. The Kier molecular flexibility index (Phi) is 5.94. The third-order valence-electron chi connectivity index (χ3n) is 5.14. The Morgan fingerprint density at radius 3 is 2.10 bits per heavy atom. The summed E-state index contributed by atoms with van der Waals surface area (Å²) in [6.07, 6.45) is 0. The number of ether oxygens (including phenoxy) is 1. The predicted molar refractivity (Wildman–Crippen MR) is 113 cm³/mol. The van der Waals surface area contributed by atoms with E-state index in [2.05, 4.69) is 12.1 Å². The first-order chi connectivity index (χ1) is 14.1. The van der Waals surface area contributed by atoms with E-state index < -0.39 is 10.0 Å². The van der Waals surface area contributed by atoms with Gasteiger partial charge in [-0.05, 0) is 36.4 Å². The second-order valence-electron chi connectivity index (χ2n) is 7.21. The van der Waals surface area contributed by atoms with E-state index in [0.717, 1.165) is 31.1 Å². The fourth-order valence-corrected chi connectivity index (χ4v) is 5.06. The maximum Gasteiger partial charge on any atom is 0.243 e. The molecule has 0 aromatic heterocycles. The van der Waals surface area contributed by atoms with Crippen LogP contribution in [0.4, 0.5) is 0 Å². The molecule has 3 aromatic rings. The highest BCUT2D eigenvalue weighted by Gasteiger charge is 2.30. The maximum atomic E-state index is 12.8. The zero-order valence-corrected chi connectivity index (χ0v) is 17.0. The van der Waals surface area contributed by atoms with Crippen LogP contribution in [0.15, 0.2) is 89.8 Å². The van der Waals surface area contributed by atoms with Crippen molar-refractivity contribution in [3.63, 3.8) is 0 Å². The molecule has 150 valence electrons. The molecule has 1 heterocycles. The third kappa shape index (κ3) is 4.85. The van der Waals surface area contributed by atoms with Crippen LogP contribution in [0.2, 0.25) is 0 Å². The second-order valence-corrected chi connectivity index (χ2v) is 9.14. The Morgan fingerprint density at radius 2 is 1.41 bits per heavy atom. The lowest BCUT2D eigenvalue weighted by molar-refractivity contribution is -0.917. The van der Waals surface area contributed by atoms with E-state index in [1.807, 2.05) is 48.5 Å². The molecule has 0 bridgehead atoms. The topological polar surface area (TPSA) is 51.0 Å². The molecule has 1 saturated heterocycles. The van der Waals surface area contributed by atoms with Crippen molar-refractivity contribution in [2.75, 3.05) is 26.2 Å². The average molecular weight is 410 g/mol. The van der Waals surface area contributed by atoms with Crippen molar-refractivity contribution in [1.82, 2.24) is 4.31 Å². The number of sulfonamides is 1. The van der Waals surface area contributed by atoms with E-state index in [4.69, 9.17) is 4.74 Å². The van der Waals surface area contributed by atoms with Crippen molar-refractivity contribution in [3.8, 4) is 11.5 Å². The SMILES string of the molecule is O=S(=O)(c1ccccc1)N1CC[NH+](Cc2cccc(Oc3ccccc3)c2)CC1. The van der Waals surface area contributed by atoms with E-state index in [-0.39, 0.29) is 0 Å². The first-order valence-electron chi connectivity index (χ1n) is 9.82. The summed E-state index contributed by atoms with van der Waals surface area (Å²) in [6, 6.07) is 26.5. The van der Waals surface area contributed by atoms with Crippen LogP contribution in [0.5, 0.6) is 11.5 Å². The number of nitrogens with one attached hydrogen (secondary N) is 1. The number of nitrogens with zero attached hydrogens (tertiary/aromatic N) is 1. The highest BCUT2D eigenvalue weighted by atomic mass is 32.2. The molecule has 3 aromatic carbocycles. The third-order valence-corrected chi connectivity index (χ3v) is 7.05. The van der Waals surface area contributed by atoms with Gasteiger partial charge >= 0.3 is 0 Å². The van der Waals surface area contributed by atoms with Crippen molar-refractivity contribution in [2.24, 2.45) is 0 Å². The maximum absolute atomic E-state index is 12.8. The van der Waals surface area contributed by atoms with Gasteiger partial charge in [0.1, 0.15) is 18.0 Å². The molecule has 29 heavy (non-hydrogen) atoms. The summed E-state index contributed by atoms with van der Waals surface area (Å²) in [6.45, 7) is 3.50. The van der Waals surface area contributed by atoms with Crippen molar-refractivity contribution in [1.29, 1.82) is 0 Å². The molecule has 0 saturated carbocycles. The summed E-state index contributed by atoms with van der Waals surface area (Å²) < 4.78 is 33.1. The average Bonchev–Trinajstić information content (AvgIpc) is 2.76. The van der Waals surface area contributed by atoms with Gasteiger partial charge in [0.2, 0.25) is 10.0 Å². The van der Waals surface area contributed by atoms with Crippen LogP contribution in [0, 0.1) is 0 Å². The lowest BCUT2D eigenvalue weighted by atomic mass is 10.2. The molecular weight excluding hydrogens is 384 g/mol. The zero-order chi connectivity index (χ0) is 20.1. The number of hydrogen-bond donors (Lipinski definition) is 1. The van der Waals surface area contributed by atoms with Gasteiger partial charge in [-0.2, -0.15) is 4.31 Å². The molecule has 6 heteroatoms. The summed E-state index contributed by atoms with van der Waals surface area (Å²) in [5.74, 6) is 1.63. The Morgan fingerprint density at radius 1 is 0.793 bits per heavy atom. The standard InChI is InChI=1S/C23H24N2O3S/c26-29(27,23-12-5-2-6-13-23)25-16-14-24(15-17-25)19-20-8-7-11-22(18-20)28-21-9-3-1-4-10-21/h1-13,18H,14-17,19H2/p+1. The number of piperazine rings is 1. The van der Waals surface area contributed by atoms with Gasteiger partial charge in [-0.1, -0.05) is 48.5 Å². The summed E-state index contributed by atoms with van der Waals surface area (Å²) in [5.41, 5.74) is 1.19. The summed E-state index contributed by atoms with van der Waals surface area (Å²) in [4.78, 5) is 1.75. The highest BCUT2D eigenvalue weighted by molar-refractivity contribution is 7.89. The van der Waals surface area contributed by atoms with Crippen LogP contribution in [0.3, 0.4) is 0 Å². The molecule has 0 amide bonds. The van der Waals surface area contributed by atoms with E-state index >= 15 is 0 Å². The van der Waals surface area contributed by atoms with E-state index in [9.17, 15) is 8.42 Å². The number of quaternary nitrogens is 1. The second kappa shape index (κ2) is 8.78. The fourth-order valence-electron chi connectivity index (χ4n) is 3.59. The van der Waals surface area contributed by atoms with Crippen molar-refractivity contribution >= 4 is 10.0 Å². The van der Waals surface area contributed by atoms with Crippen LogP contribution < -0.4 is 9.64 Å². The van der Waals surface area contributed by atoms with Crippen molar-refractivity contribution in [2.45, 2.75) is 11.4 Å². The molecule has 1 aliphatic rings. The minimum absolute atomic E-state index is 0.370. The largest absolute Gasteiger partial charge is 0.457 e. The van der Waals surface area contributed by atoms with Crippen LogP contribution in [0.25, 0.3) is 0 Å². The molecule has 1 fully saturated rings. The lowest BCUT2D eigenvalue weighted by Crippen LogP contribution is -3.13. The Labute approximate surface area is 172 Å². The van der Waals surface area contributed by atoms with Crippen molar-refractivity contribution < 1.29 is 18.1 Å². The number of para-hydroxylation sites is 1. The van der Waals surface area contributed by atoms with Gasteiger partial charge in [-0.3, -0.25) is 0 Å². The first-order valence-corrected chi connectivity index (χ1v) is 11.3. The van der Waals surface area contributed by atoms with E-state index in [0.29, 0.717) is 18.0 Å². The summed E-state index contributed by atoms with van der Waals surface area (Å²) in [5, 5.41) is 0. The minimum atomic E-state index is -3.40. The lowest BCUT2D eigenvalue weighted by Gasteiger charge is -2.31. The fraction of sp³-hybridized carbons (Fsp3) is 0.217. The van der Waals surface area contributed by atoms with Gasteiger partial charge in [0.05, 0.1) is 31.1 Å². The molecule has 0 radical (unpaired) electrons.